The first-order chi connectivity index (χ1) is 8.38. The third kappa shape index (κ3) is 2.28. The molecule has 2 saturated heterocycles. The van der Waals surface area contributed by atoms with Crippen molar-refractivity contribution in [3.05, 3.63) is 0 Å². The Balaban J connectivity index is 1.49. The average molecular weight is 273 g/mol. The first-order valence-corrected chi connectivity index (χ1v) is 8.41. The molecular weight excluding hydrogens is 254 g/mol. The highest BCUT2D eigenvalue weighted by Crippen LogP contribution is 2.44. The van der Waals surface area contributed by atoms with Crippen LogP contribution in [0.3, 0.4) is 0 Å². The van der Waals surface area contributed by atoms with E-state index in [4.69, 9.17) is 0 Å². The van der Waals surface area contributed by atoms with Crippen LogP contribution in [-0.2, 0) is 14.6 Å². The largest absolute Gasteiger partial charge is 0.386 e. The maximum atomic E-state index is 11.9. The summed E-state index contributed by atoms with van der Waals surface area (Å²) >= 11 is 0. The van der Waals surface area contributed by atoms with E-state index in [1.54, 1.807) is 4.90 Å². The average Bonchev–Trinajstić information content (AvgIpc) is 3.01. The molecule has 1 atom stereocenters. The summed E-state index contributed by atoms with van der Waals surface area (Å²) in [6.45, 7) is 0.881. The van der Waals surface area contributed by atoms with Gasteiger partial charge in [-0.05, 0) is 31.1 Å². The van der Waals surface area contributed by atoms with Gasteiger partial charge in [0.05, 0.1) is 24.6 Å². The number of likely N-dealkylation sites (tertiary alicyclic amines) is 1. The molecule has 1 saturated carbocycles. The Kier molecular flexibility index (Phi) is 2.71. The van der Waals surface area contributed by atoms with E-state index in [9.17, 15) is 18.3 Å². The number of amides is 1. The van der Waals surface area contributed by atoms with Gasteiger partial charge >= 0.3 is 0 Å². The Morgan fingerprint density at radius 3 is 2.44 bits per heavy atom. The summed E-state index contributed by atoms with van der Waals surface area (Å²) in [5.41, 5.74) is -0.641. The van der Waals surface area contributed by atoms with Crippen LogP contribution in [0.4, 0.5) is 0 Å². The van der Waals surface area contributed by atoms with Crippen LogP contribution in [0.2, 0.25) is 0 Å². The number of nitrogens with zero attached hydrogens (tertiary/aromatic N) is 1. The van der Waals surface area contributed by atoms with Crippen LogP contribution in [0.5, 0.6) is 0 Å². The molecule has 0 aromatic carbocycles. The molecule has 3 rings (SSSR count). The maximum Gasteiger partial charge on any atom is 0.223 e. The molecule has 5 nitrogen and oxygen atoms in total. The summed E-state index contributed by atoms with van der Waals surface area (Å²) in [5, 5.41) is 10.1. The SMILES string of the molecule is O=C(CC1CCS(=O)(=O)C1)N1CC(O)(C2CC2)C1. The molecule has 2 heterocycles. The van der Waals surface area contributed by atoms with Crippen molar-refractivity contribution in [2.75, 3.05) is 24.6 Å². The summed E-state index contributed by atoms with van der Waals surface area (Å²) in [6, 6.07) is 0. The minimum atomic E-state index is -2.90. The third-order valence-corrected chi connectivity index (χ3v) is 6.25. The van der Waals surface area contributed by atoms with Gasteiger partial charge in [-0.1, -0.05) is 0 Å². The highest BCUT2D eigenvalue weighted by molar-refractivity contribution is 7.91. The van der Waals surface area contributed by atoms with Crippen molar-refractivity contribution in [3.8, 4) is 0 Å². The third-order valence-electron chi connectivity index (χ3n) is 4.41. The summed E-state index contributed by atoms with van der Waals surface area (Å²) in [7, 11) is -2.90. The van der Waals surface area contributed by atoms with E-state index in [0.717, 1.165) is 12.8 Å². The van der Waals surface area contributed by atoms with Gasteiger partial charge in [0.15, 0.2) is 9.84 Å². The Bertz CT molecular complexity index is 462. The van der Waals surface area contributed by atoms with E-state index in [2.05, 4.69) is 0 Å². The van der Waals surface area contributed by atoms with Crippen LogP contribution in [0.1, 0.15) is 25.7 Å². The number of hydrogen-bond acceptors (Lipinski definition) is 4. The molecule has 1 aliphatic carbocycles. The van der Waals surface area contributed by atoms with Crippen LogP contribution in [0.15, 0.2) is 0 Å². The first kappa shape index (κ1) is 12.4. The second-order valence-electron chi connectivity index (χ2n) is 6.10. The summed E-state index contributed by atoms with van der Waals surface area (Å²) in [5.74, 6) is 0.740. The van der Waals surface area contributed by atoms with E-state index in [1.807, 2.05) is 0 Å². The number of β-amino-alcohol motifs (C(OH)–C–C–N with tert-alkyl or cyclic N) is 1. The number of aliphatic hydroxyl groups is 1. The fourth-order valence-corrected chi connectivity index (χ4v) is 4.94. The zero-order valence-corrected chi connectivity index (χ0v) is 11.2. The number of rotatable bonds is 3. The molecule has 0 radical (unpaired) electrons. The predicted molar refractivity (Wildman–Crippen MR) is 65.6 cm³/mol. The lowest BCUT2D eigenvalue weighted by molar-refractivity contribution is -0.160. The van der Waals surface area contributed by atoms with Gasteiger partial charge < -0.3 is 10.0 Å². The van der Waals surface area contributed by atoms with Gasteiger partial charge in [0.2, 0.25) is 5.91 Å². The van der Waals surface area contributed by atoms with E-state index in [1.165, 1.54) is 0 Å². The Hall–Kier alpha value is -0.620. The molecule has 0 bridgehead atoms. The normalized spacial score (nSPS) is 33.2. The van der Waals surface area contributed by atoms with Gasteiger partial charge in [-0.2, -0.15) is 0 Å². The lowest BCUT2D eigenvalue weighted by Gasteiger charge is -2.47. The maximum absolute atomic E-state index is 11.9. The molecule has 1 unspecified atom stereocenters. The fourth-order valence-electron chi connectivity index (χ4n) is 3.08. The molecule has 18 heavy (non-hydrogen) atoms. The van der Waals surface area contributed by atoms with Gasteiger partial charge in [-0.25, -0.2) is 8.42 Å². The first-order valence-electron chi connectivity index (χ1n) is 6.59. The second kappa shape index (κ2) is 3.93. The van der Waals surface area contributed by atoms with E-state index >= 15 is 0 Å². The van der Waals surface area contributed by atoms with Crippen LogP contribution in [0, 0.1) is 11.8 Å². The lowest BCUT2D eigenvalue weighted by atomic mass is 9.88. The van der Waals surface area contributed by atoms with Gasteiger partial charge in [0.25, 0.3) is 0 Å². The number of sulfone groups is 1. The Labute approximate surface area is 107 Å². The molecule has 2 aliphatic heterocycles. The van der Waals surface area contributed by atoms with E-state index in [-0.39, 0.29) is 23.3 Å². The van der Waals surface area contributed by atoms with Crippen LogP contribution in [-0.4, -0.2) is 54.5 Å². The standard InChI is InChI=1S/C12H19NO4S/c14-11(5-9-3-4-18(16,17)6-9)13-7-12(15,8-13)10-1-2-10/h9-10,15H,1-8H2. The molecular formula is C12H19NO4S. The van der Waals surface area contributed by atoms with Gasteiger partial charge in [0, 0.05) is 6.42 Å². The fraction of sp³-hybridized carbons (Fsp3) is 0.917. The molecule has 1 amide bonds. The Morgan fingerprint density at radius 1 is 1.28 bits per heavy atom. The molecule has 0 aromatic heterocycles. The van der Waals surface area contributed by atoms with Gasteiger partial charge in [0.1, 0.15) is 5.60 Å². The van der Waals surface area contributed by atoms with Crippen LogP contribution < -0.4 is 0 Å². The van der Waals surface area contributed by atoms with Crippen molar-refractivity contribution in [3.63, 3.8) is 0 Å². The Morgan fingerprint density at radius 2 is 1.94 bits per heavy atom. The molecule has 3 aliphatic rings. The van der Waals surface area contributed by atoms with Crippen molar-refractivity contribution < 1.29 is 18.3 Å². The van der Waals surface area contributed by atoms with Gasteiger partial charge in [-0.3, -0.25) is 4.79 Å². The smallest absolute Gasteiger partial charge is 0.223 e. The quantitative estimate of drug-likeness (QED) is 0.772. The predicted octanol–water partition coefficient (Wildman–Crippen LogP) is -0.206. The summed E-state index contributed by atoms with van der Waals surface area (Å²) in [6.07, 6.45) is 3.06. The molecule has 102 valence electrons. The zero-order valence-electron chi connectivity index (χ0n) is 10.3. The minimum Gasteiger partial charge on any atom is -0.386 e. The van der Waals surface area contributed by atoms with E-state index in [0.29, 0.717) is 31.8 Å². The van der Waals surface area contributed by atoms with Crippen molar-refractivity contribution in [1.82, 2.24) is 4.90 Å². The van der Waals surface area contributed by atoms with Crippen LogP contribution >= 0.6 is 0 Å². The lowest BCUT2D eigenvalue weighted by Crippen LogP contribution is -2.64. The highest BCUT2D eigenvalue weighted by atomic mass is 32.2. The topological polar surface area (TPSA) is 74.7 Å². The summed E-state index contributed by atoms with van der Waals surface area (Å²) < 4.78 is 22.6. The highest BCUT2D eigenvalue weighted by Gasteiger charge is 2.53. The molecule has 3 fully saturated rings. The monoisotopic (exact) mass is 273 g/mol. The minimum absolute atomic E-state index is 0.00225. The van der Waals surface area contributed by atoms with Crippen molar-refractivity contribution in [2.45, 2.75) is 31.3 Å². The molecule has 1 N–H and O–H groups in total. The number of carbonyl (C=O) groups excluding carboxylic acids is 1. The summed E-state index contributed by atoms with van der Waals surface area (Å²) in [4.78, 5) is 13.6. The van der Waals surface area contributed by atoms with Gasteiger partial charge in [-0.15, -0.1) is 0 Å². The molecule has 6 heteroatoms. The van der Waals surface area contributed by atoms with Crippen molar-refractivity contribution in [1.29, 1.82) is 0 Å². The van der Waals surface area contributed by atoms with E-state index < -0.39 is 15.4 Å². The zero-order chi connectivity index (χ0) is 13.0. The molecule has 0 spiro atoms. The van der Waals surface area contributed by atoms with Crippen molar-refractivity contribution >= 4 is 15.7 Å². The van der Waals surface area contributed by atoms with Crippen molar-refractivity contribution in [2.24, 2.45) is 11.8 Å². The van der Waals surface area contributed by atoms with Crippen LogP contribution in [0.25, 0.3) is 0 Å². The number of carbonyl (C=O) groups is 1. The second-order valence-corrected chi connectivity index (χ2v) is 8.33. The number of hydrogen-bond donors (Lipinski definition) is 1. The molecule has 0 aromatic rings.